The smallest absolute Gasteiger partial charge is 0.330 e. The van der Waals surface area contributed by atoms with Gasteiger partial charge in [0.25, 0.3) is 5.24 Å². The van der Waals surface area contributed by atoms with E-state index in [2.05, 4.69) is 19.1 Å². The molecule has 2 bridgehead atoms. The SMILES string of the molecule is COc1ccc(CN2C(=O)SCC2[C@@]2(OC)C[C@H]3C[C@@H](CC[C@H](C)C=CCCC(C)=CC(=O)O3)O2)cc1. The summed E-state index contributed by atoms with van der Waals surface area (Å²) in [5.41, 5.74) is 2.00. The lowest BCUT2D eigenvalue weighted by atomic mass is 9.89. The standard InChI is InChI=1S/C29H39NO6S/c1-20-7-5-6-8-21(2)15-27(31)35-25-16-24(12-9-20)36-29(17-25,34-4)26-19-37-28(32)30(26)18-22-10-13-23(33-3)14-11-22/h5,7,10-11,13-15,20,24-26H,6,8-9,12,16-19H2,1-4H3/t20-,24-,25-,26?,29-/m1/s1. The summed E-state index contributed by atoms with van der Waals surface area (Å²) in [7, 11) is 3.27. The van der Waals surface area contributed by atoms with Crippen molar-refractivity contribution in [3.8, 4) is 5.75 Å². The molecule has 1 amide bonds. The van der Waals surface area contributed by atoms with Crippen molar-refractivity contribution in [2.45, 2.75) is 83.0 Å². The van der Waals surface area contributed by atoms with Crippen LogP contribution in [0.1, 0.15) is 57.9 Å². The Morgan fingerprint density at radius 3 is 2.65 bits per heavy atom. The summed E-state index contributed by atoms with van der Waals surface area (Å²) in [5, 5.41) is -0.00373. The monoisotopic (exact) mass is 529 g/mol. The third-order valence-corrected chi connectivity index (χ3v) is 8.47. The Morgan fingerprint density at radius 2 is 1.92 bits per heavy atom. The first kappa shape index (κ1) is 27.7. The van der Waals surface area contributed by atoms with Crippen molar-refractivity contribution in [3.05, 3.63) is 53.6 Å². The fourth-order valence-corrected chi connectivity index (χ4v) is 6.49. The first-order valence-electron chi connectivity index (χ1n) is 13.2. The molecule has 3 aliphatic heterocycles. The summed E-state index contributed by atoms with van der Waals surface area (Å²) >= 11 is 1.28. The van der Waals surface area contributed by atoms with Crippen molar-refractivity contribution in [3.63, 3.8) is 0 Å². The molecule has 1 aromatic carbocycles. The van der Waals surface area contributed by atoms with E-state index in [0.29, 0.717) is 31.1 Å². The largest absolute Gasteiger partial charge is 0.497 e. The van der Waals surface area contributed by atoms with E-state index in [0.717, 1.165) is 42.6 Å². The van der Waals surface area contributed by atoms with Crippen LogP contribution in [0.25, 0.3) is 0 Å². The molecular weight excluding hydrogens is 490 g/mol. The number of rotatable bonds is 5. The van der Waals surface area contributed by atoms with Gasteiger partial charge in [0.1, 0.15) is 11.9 Å². The number of methoxy groups -OCH3 is 2. The van der Waals surface area contributed by atoms with Crippen molar-refractivity contribution < 1.29 is 28.5 Å². The summed E-state index contributed by atoms with van der Waals surface area (Å²) in [6, 6.07) is 7.41. The highest BCUT2D eigenvalue weighted by Crippen LogP contribution is 2.43. The number of allylic oxidation sites excluding steroid dienone is 3. The summed E-state index contributed by atoms with van der Waals surface area (Å²) in [5.74, 6) is 0.357. The molecule has 2 saturated heterocycles. The highest BCUT2D eigenvalue weighted by atomic mass is 32.2. The van der Waals surface area contributed by atoms with E-state index in [1.165, 1.54) is 11.8 Å². The second-order valence-corrected chi connectivity index (χ2v) is 11.3. The van der Waals surface area contributed by atoms with Gasteiger partial charge in [-0.1, -0.05) is 48.5 Å². The third kappa shape index (κ3) is 6.98. The summed E-state index contributed by atoms with van der Waals surface area (Å²) < 4.78 is 24.1. The first-order chi connectivity index (χ1) is 17.8. The van der Waals surface area contributed by atoms with Crippen LogP contribution >= 0.6 is 11.8 Å². The van der Waals surface area contributed by atoms with Crippen molar-refractivity contribution in [2.75, 3.05) is 20.0 Å². The van der Waals surface area contributed by atoms with E-state index in [-0.39, 0.29) is 29.5 Å². The number of fused-ring (bicyclic) bond motifs is 2. The molecule has 0 spiro atoms. The van der Waals surface area contributed by atoms with Crippen LogP contribution in [0, 0.1) is 5.92 Å². The molecule has 37 heavy (non-hydrogen) atoms. The molecule has 0 radical (unpaired) electrons. The summed E-state index contributed by atoms with van der Waals surface area (Å²) in [6.07, 6.45) is 10.1. The molecule has 8 heteroatoms. The van der Waals surface area contributed by atoms with Crippen LogP contribution < -0.4 is 4.74 Å². The van der Waals surface area contributed by atoms with Crippen molar-refractivity contribution in [1.82, 2.24) is 4.90 Å². The molecule has 3 heterocycles. The van der Waals surface area contributed by atoms with Crippen LogP contribution in [0.4, 0.5) is 4.79 Å². The molecule has 5 atom stereocenters. The zero-order valence-electron chi connectivity index (χ0n) is 22.3. The molecule has 1 aromatic rings. The number of hydrogen-bond acceptors (Lipinski definition) is 7. The van der Waals surface area contributed by atoms with Crippen LogP contribution in [0.5, 0.6) is 5.75 Å². The van der Waals surface area contributed by atoms with Gasteiger partial charge in [-0.2, -0.15) is 0 Å². The van der Waals surface area contributed by atoms with Crippen LogP contribution in [-0.2, 0) is 25.5 Å². The number of carbonyl (C=O) groups is 2. The highest BCUT2D eigenvalue weighted by molar-refractivity contribution is 8.13. The molecule has 1 unspecified atom stereocenters. The molecule has 0 aromatic heterocycles. The van der Waals surface area contributed by atoms with E-state index < -0.39 is 5.79 Å². The van der Waals surface area contributed by atoms with Crippen LogP contribution in [-0.4, -0.2) is 60.1 Å². The molecule has 0 N–H and O–H groups in total. The first-order valence-corrected chi connectivity index (χ1v) is 14.1. The van der Waals surface area contributed by atoms with Gasteiger partial charge in [0.2, 0.25) is 0 Å². The lowest BCUT2D eigenvalue weighted by molar-refractivity contribution is -0.305. The van der Waals surface area contributed by atoms with Gasteiger partial charge < -0.3 is 23.8 Å². The Bertz CT molecular complexity index is 1010. The lowest BCUT2D eigenvalue weighted by Gasteiger charge is -2.48. The second kappa shape index (κ2) is 12.5. The molecule has 202 valence electrons. The zero-order chi connectivity index (χ0) is 26.4. The fourth-order valence-electron chi connectivity index (χ4n) is 5.39. The van der Waals surface area contributed by atoms with Crippen molar-refractivity contribution >= 4 is 23.0 Å². The Morgan fingerprint density at radius 1 is 1.14 bits per heavy atom. The molecule has 0 aliphatic carbocycles. The van der Waals surface area contributed by atoms with Crippen LogP contribution in [0.3, 0.4) is 0 Å². The maximum Gasteiger partial charge on any atom is 0.330 e. The van der Waals surface area contributed by atoms with E-state index >= 15 is 0 Å². The zero-order valence-corrected chi connectivity index (χ0v) is 23.1. The molecule has 7 nitrogen and oxygen atoms in total. The van der Waals surface area contributed by atoms with Gasteiger partial charge in [-0.25, -0.2) is 4.79 Å². The summed E-state index contributed by atoms with van der Waals surface area (Å²) in [6.45, 7) is 4.63. The maximum atomic E-state index is 13.0. The van der Waals surface area contributed by atoms with E-state index in [4.69, 9.17) is 18.9 Å². The number of thioether (sulfide) groups is 1. The number of amides is 1. The minimum Gasteiger partial charge on any atom is -0.497 e. The second-order valence-electron chi connectivity index (χ2n) is 10.3. The predicted octanol–water partition coefficient (Wildman–Crippen LogP) is 5.88. The maximum absolute atomic E-state index is 13.0. The molecule has 0 saturated carbocycles. The Balaban J connectivity index is 1.59. The van der Waals surface area contributed by atoms with Gasteiger partial charge in [0, 0.05) is 38.3 Å². The van der Waals surface area contributed by atoms with Gasteiger partial charge in [-0.3, -0.25) is 4.79 Å². The fraction of sp³-hybridized carbons (Fsp3) is 0.586. The average molecular weight is 530 g/mol. The third-order valence-electron chi connectivity index (χ3n) is 7.51. The number of ether oxygens (including phenoxy) is 4. The van der Waals surface area contributed by atoms with Crippen molar-refractivity contribution in [2.24, 2.45) is 5.92 Å². The Hall–Kier alpha value is -2.29. The molecular formula is C29H39NO6S. The van der Waals surface area contributed by atoms with Crippen LogP contribution in [0.15, 0.2) is 48.1 Å². The van der Waals surface area contributed by atoms with Gasteiger partial charge in [-0.05, 0) is 56.2 Å². The molecule has 3 aliphatic rings. The number of hydrogen-bond donors (Lipinski definition) is 0. The number of nitrogens with zero attached hydrogens (tertiary/aromatic N) is 1. The minimum atomic E-state index is -1.06. The van der Waals surface area contributed by atoms with Gasteiger partial charge in [0.15, 0.2) is 5.79 Å². The van der Waals surface area contributed by atoms with E-state index in [1.807, 2.05) is 36.1 Å². The van der Waals surface area contributed by atoms with Gasteiger partial charge in [-0.15, -0.1) is 0 Å². The normalized spacial score (nSPS) is 31.5. The number of benzene rings is 1. The van der Waals surface area contributed by atoms with E-state index in [1.54, 1.807) is 20.3 Å². The number of esters is 1. The minimum absolute atomic E-state index is 0.00373. The Labute approximate surface area is 224 Å². The molecule has 4 rings (SSSR count). The van der Waals surface area contributed by atoms with Gasteiger partial charge >= 0.3 is 5.97 Å². The average Bonchev–Trinajstić information content (AvgIpc) is 3.25. The Kier molecular flexibility index (Phi) is 9.37. The summed E-state index contributed by atoms with van der Waals surface area (Å²) in [4.78, 5) is 27.6. The lowest BCUT2D eigenvalue weighted by Crippen LogP contribution is -2.60. The number of carbonyl (C=O) groups excluding carboxylic acids is 2. The van der Waals surface area contributed by atoms with Gasteiger partial charge in [0.05, 0.1) is 19.3 Å². The predicted molar refractivity (Wildman–Crippen MR) is 144 cm³/mol. The van der Waals surface area contributed by atoms with Crippen molar-refractivity contribution in [1.29, 1.82) is 0 Å². The highest BCUT2D eigenvalue weighted by Gasteiger charge is 2.54. The topological polar surface area (TPSA) is 74.3 Å². The molecule has 2 fully saturated rings. The quantitative estimate of drug-likeness (QED) is 0.348. The van der Waals surface area contributed by atoms with Crippen LogP contribution in [0.2, 0.25) is 0 Å². The van der Waals surface area contributed by atoms with E-state index in [9.17, 15) is 9.59 Å².